The van der Waals surface area contributed by atoms with Gasteiger partial charge in [0.2, 0.25) is 5.95 Å². The van der Waals surface area contributed by atoms with E-state index in [9.17, 15) is 4.79 Å². The zero-order chi connectivity index (χ0) is 27.6. The van der Waals surface area contributed by atoms with E-state index in [1.54, 1.807) is 10.8 Å². The highest BCUT2D eigenvalue weighted by molar-refractivity contribution is 6.31. The number of nitrogens with zero attached hydrogens (tertiary/aromatic N) is 4. The summed E-state index contributed by atoms with van der Waals surface area (Å²) in [7, 11) is 1.97. The van der Waals surface area contributed by atoms with E-state index in [0.717, 1.165) is 59.6 Å². The van der Waals surface area contributed by atoms with Crippen LogP contribution < -0.4 is 20.9 Å². The summed E-state index contributed by atoms with van der Waals surface area (Å²) in [4.78, 5) is 23.1. The van der Waals surface area contributed by atoms with Gasteiger partial charge in [-0.2, -0.15) is 4.98 Å². The number of hydrogen-bond acceptors (Lipinski definition) is 6. The molecule has 8 nitrogen and oxygen atoms in total. The van der Waals surface area contributed by atoms with Gasteiger partial charge in [-0.1, -0.05) is 17.7 Å². The summed E-state index contributed by atoms with van der Waals surface area (Å²) in [6, 6.07) is 19.3. The Morgan fingerprint density at radius 3 is 2.67 bits per heavy atom. The van der Waals surface area contributed by atoms with Gasteiger partial charge in [0.1, 0.15) is 17.5 Å². The van der Waals surface area contributed by atoms with Crippen molar-refractivity contribution in [3.63, 3.8) is 0 Å². The summed E-state index contributed by atoms with van der Waals surface area (Å²) in [6.07, 6.45) is 6.11. The number of aryl methyl sites for hydroxylation is 2. The van der Waals surface area contributed by atoms with Crippen LogP contribution in [0.5, 0.6) is 5.75 Å². The number of benzene rings is 2. The Bertz CT molecular complexity index is 1720. The molecular weight excluding hydrogens is 524 g/mol. The monoisotopic (exact) mass is 554 g/mol. The molecule has 40 heavy (non-hydrogen) atoms. The molecule has 3 aromatic heterocycles. The molecule has 2 N–H and O–H groups in total. The Morgan fingerprint density at radius 1 is 1.10 bits per heavy atom. The van der Waals surface area contributed by atoms with E-state index < -0.39 is 0 Å². The molecule has 4 heterocycles. The molecule has 1 aliphatic heterocycles. The molecule has 0 aliphatic carbocycles. The average Bonchev–Trinajstić information content (AvgIpc) is 3.40. The van der Waals surface area contributed by atoms with Crippen molar-refractivity contribution in [3.05, 3.63) is 88.4 Å². The van der Waals surface area contributed by atoms with Gasteiger partial charge in [0.15, 0.2) is 0 Å². The van der Waals surface area contributed by atoms with Gasteiger partial charge in [0.05, 0.1) is 0 Å². The van der Waals surface area contributed by atoms with Crippen LogP contribution in [-0.4, -0.2) is 38.3 Å². The molecule has 5 aromatic rings. The molecule has 204 valence electrons. The average molecular weight is 555 g/mol. The summed E-state index contributed by atoms with van der Waals surface area (Å²) in [5.41, 5.74) is 4.56. The Labute approximate surface area is 237 Å². The maximum absolute atomic E-state index is 13.8. The van der Waals surface area contributed by atoms with E-state index in [0.29, 0.717) is 28.7 Å². The van der Waals surface area contributed by atoms with Crippen molar-refractivity contribution < 1.29 is 4.74 Å². The first-order valence-electron chi connectivity index (χ1n) is 13.6. The number of piperidine rings is 1. The van der Waals surface area contributed by atoms with Crippen LogP contribution in [0, 0.1) is 0 Å². The highest BCUT2D eigenvalue weighted by Crippen LogP contribution is 2.34. The summed E-state index contributed by atoms with van der Waals surface area (Å²) >= 11 is 6.37. The van der Waals surface area contributed by atoms with Crippen LogP contribution >= 0.6 is 11.6 Å². The maximum Gasteiger partial charge on any atom is 0.260 e. The highest BCUT2D eigenvalue weighted by atomic mass is 35.5. The van der Waals surface area contributed by atoms with Crippen LogP contribution in [0.25, 0.3) is 33.4 Å². The quantitative estimate of drug-likeness (QED) is 0.256. The summed E-state index contributed by atoms with van der Waals surface area (Å²) in [5, 5.41) is 8.02. The van der Waals surface area contributed by atoms with Crippen LogP contribution in [0.3, 0.4) is 0 Å². The van der Waals surface area contributed by atoms with Gasteiger partial charge < -0.3 is 19.9 Å². The van der Waals surface area contributed by atoms with E-state index in [1.165, 1.54) is 0 Å². The number of ether oxygens (including phenoxy) is 1. The minimum absolute atomic E-state index is 0.115. The minimum atomic E-state index is -0.115. The van der Waals surface area contributed by atoms with E-state index in [1.807, 2.05) is 85.4 Å². The number of fused-ring (bicyclic) bond motifs is 1. The predicted octanol–water partition coefficient (Wildman–Crippen LogP) is 6.01. The molecular formula is C31H31ClN6O2. The normalized spacial score (nSPS) is 15.3. The predicted molar refractivity (Wildman–Crippen MR) is 161 cm³/mol. The number of halogens is 1. The van der Waals surface area contributed by atoms with Gasteiger partial charge in [-0.15, -0.1) is 0 Å². The molecule has 2 aromatic carbocycles. The molecule has 0 saturated carbocycles. The second-order valence-electron chi connectivity index (χ2n) is 10.0. The molecule has 1 unspecified atom stereocenters. The Kier molecular flexibility index (Phi) is 7.28. The van der Waals surface area contributed by atoms with Gasteiger partial charge in [0.25, 0.3) is 5.56 Å². The smallest absolute Gasteiger partial charge is 0.260 e. The molecule has 9 heteroatoms. The lowest BCUT2D eigenvalue weighted by Crippen LogP contribution is -2.37. The number of rotatable bonds is 7. The second-order valence-corrected chi connectivity index (χ2v) is 10.4. The molecule has 6 rings (SSSR count). The molecule has 0 radical (unpaired) electrons. The molecule has 0 spiro atoms. The van der Waals surface area contributed by atoms with Crippen LogP contribution in [-0.2, 0) is 13.6 Å². The number of aromatic nitrogens is 4. The van der Waals surface area contributed by atoms with Gasteiger partial charge in [-0.25, -0.2) is 4.98 Å². The van der Waals surface area contributed by atoms with Crippen LogP contribution in [0.15, 0.2) is 77.9 Å². The van der Waals surface area contributed by atoms with Crippen LogP contribution in [0.1, 0.15) is 19.8 Å². The topological polar surface area (TPSA) is 86.0 Å². The van der Waals surface area contributed by atoms with Crippen molar-refractivity contribution >= 4 is 34.3 Å². The third-order valence-electron chi connectivity index (χ3n) is 7.30. The summed E-state index contributed by atoms with van der Waals surface area (Å²) < 4.78 is 9.79. The number of anilines is 2. The Balaban J connectivity index is 1.32. The van der Waals surface area contributed by atoms with Gasteiger partial charge in [0, 0.05) is 65.4 Å². The molecule has 0 bridgehead atoms. The van der Waals surface area contributed by atoms with Crippen molar-refractivity contribution in [1.82, 2.24) is 24.4 Å². The van der Waals surface area contributed by atoms with E-state index in [-0.39, 0.29) is 11.7 Å². The number of nitrogens with one attached hydrogen (secondary N) is 2. The second kappa shape index (κ2) is 11.2. The van der Waals surface area contributed by atoms with Crippen molar-refractivity contribution in [2.45, 2.75) is 32.4 Å². The lowest BCUT2D eigenvalue weighted by atomic mass is 9.97. The fourth-order valence-electron chi connectivity index (χ4n) is 5.27. The fourth-order valence-corrected chi connectivity index (χ4v) is 5.44. The van der Waals surface area contributed by atoms with Gasteiger partial charge >= 0.3 is 0 Å². The molecule has 1 aliphatic rings. The van der Waals surface area contributed by atoms with E-state index >= 15 is 0 Å². The van der Waals surface area contributed by atoms with Crippen molar-refractivity contribution in [1.29, 1.82) is 0 Å². The maximum atomic E-state index is 13.8. The molecule has 0 amide bonds. The lowest BCUT2D eigenvalue weighted by molar-refractivity contribution is 0.167. The zero-order valence-corrected chi connectivity index (χ0v) is 23.3. The largest absolute Gasteiger partial charge is 0.489 e. The highest BCUT2D eigenvalue weighted by Gasteiger charge is 2.18. The van der Waals surface area contributed by atoms with E-state index in [4.69, 9.17) is 21.3 Å². The van der Waals surface area contributed by atoms with Gasteiger partial charge in [-0.3, -0.25) is 9.36 Å². The SMILES string of the molecule is CCn1c(=O)c(-c2ccc(Cl)cc2-c2cccn2C)cc2cnc(Nc3ccc(OC4CCCNC4)cc3)nc21. The van der Waals surface area contributed by atoms with Crippen molar-refractivity contribution in [2.75, 3.05) is 18.4 Å². The van der Waals surface area contributed by atoms with Crippen molar-refractivity contribution in [2.24, 2.45) is 7.05 Å². The molecule has 1 saturated heterocycles. The van der Waals surface area contributed by atoms with Crippen LogP contribution in [0.2, 0.25) is 5.02 Å². The van der Waals surface area contributed by atoms with Gasteiger partial charge in [-0.05, 0) is 86.5 Å². The summed E-state index contributed by atoms with van der Waals surface area (Å²) in [5.74, 6) is 1.26. The minimum Gasteiger partial charge on any atom is -0.489 e. The van der Waals surface area contributed by atoms with Crippen LogP contribution in [0.4, 0.5) is 11.6 Å². The first kappa shape index (κ1) is 26.1. The van der Waals surface area contributed by atoms with E-state index in [2.05, 4.69) is 15.6 Å². The Morgan fingerprint density at radius 2 is 1.95 bits per heavy atom. The Hall–Kier alpha value is -4.14. The zero-order valence-electron chi connectivity index (χ0n) is 22.5. The third kappa shape index (κ3) is 5.20. The fraction of sp³-hybridized carbons (Fsp3) is 0.258. The first-order chi connectivity index (χ1) is 19.5. The third-order valence-corrected chi connectivity index (χ3v) is 7.53. The first-order valence-corrected chi connectivity index (χ1v) is 13.9. The number of pyridine rings is 1. The number of hydrogen-bond donors (Lipinski definition) is 2. The van der Waals surface area contributed by atoms with Crippen molar-refractivity contribution in [3.8, 4) is 28.1 Å². The molecule has 1 fully saturated rings. The summed E-state index contributed by atoms with van der Waals surface area (Å²) in [6.45, 7) is 4.34. The lowest BCUT2D eigenvalue weighted by Gasteiger charge is -2.24. The standard InChI is InChI=1S/C31H31ClN6O2/c1-3-38-29-20(16-27(30(38)39)25-13-8-21(32)17-26(25)28-7-5-15-37(28)2)18-34-31(36-29)35-22-9-11-23(12-10-22)40-24-6-4-14-33-19-24/h5,7-13,15-18,24,33H,3-4,6,14,19H2,1-2H3,(H,34,35,36). The molecule has 1 atom stereocenters.